The minimum absolute atomic E-state index is 0.0101. The highest BCUT2D eigenvalue weighted by atomic mass is 16.2. The molecule has 23 heavy (non-hydrogen) atoms. The largest absolute Gasteiger partial charge is 0.354 e. The quantitative estimate of drug-likeness (QED) is 0.831. The maximum Gasteiger partial charge on any atom is 0.255 e. The Hall–Kier alpha value is -2.36. The summed E-state index contributed by atoms with van der Waals surface area (Å²) in [5.41, 5.74) is 3.73. The van der Waals surface area contributed by atoms with Gasteiger partial charge >= 0.3 is 0 Å². The number of aryl methyl sites for hydroxylation is 1. The number of aromatic nitrogens is 1. The summed E-state index contributed by atoms with van der Waals surface area (Å²) in [5, 5.41) is 3.30. The molecular weight excluding hydrogens is 286 g/mol. The lowest BCUT2D eigenvalue weighted by Crippen LogP contribution is -2.27. The van der Waals surface area contributed by atoms with Gasteiger partial charge < -0.3 is 10.2 Å². The van der Waals surface area contributed by atoms with Crippen LogP contribution in [0, 0.1) is 0 Å². The second-order valence-electron chi connectivity index (χ2n) is 5.72. The van der Waals surface area contributed by atoms with Gasteiger partial charge in [0.15, 0.2) is 0 Å². The molecule has 4 heteroatoms. The van der Waals surface area contributed by atoms with Crippen LogP contribution in [-0.2, 0) is 6.42 Å². The molecule has 0 saturated carbocycles. The predicted octanol–water partition coefficient (Wildman–Crippen LogP) is 4.26. The van der Waals surface area contributed by atoms with E-state index in [0.717, 1.165) is 37.2 Å². The molecular formula is C19H25N3O. The highest BCUT2D eigenvalue weighted by Crippen LogP contribution is 2.18. The second-order valence-corrected chi connectivity index (χ2v) is 5.72. The zero-order valence-electron chi connectivity index (χ0n) is 14.2. The summed E-state index contributed by atoms with van der Waals surface area (Å²) in [6.07, 6.45) is 6.46. The van der Waals surface area contributed by atoms with Gasteiger partial charge in [0.1, 0.15) is 0 Å². The van der Waals surface area contributed by atoms with Gasteiger partial charge in [0.25, 0.3) is 5.91 Å². The Morgan fingerprint density at radius 2 is 1.87 bits per heavy atom. The van der Waals surface area contributed by atoms with E-state index in [2.05, 4.69) is 36.3 Å². The highest BCUT2D eigenvalue weighted by Gasteiger charge is 2.12. The first kappa shape index (κ1) is 17.0. The zero-order chi connectivity index (χ0) is 16.7. The number of hydrogen-bond donors (Lipinski definition) is 1. The molecule has 4 nitrogen and oxygen atoms in total. The number of nitrogens with zero attached hydrogens (tertiary/aromatic N) is 2. The van der Waals surface area contributed by atoms with Crippen LogP contribution in [0.3, 0.4) is 0 Å². The Labute approximate surface area is 138 Å². The topological polar surface area (TPSA) is 45.2 Å². The first-order valence-corrected chi connectivity index (χ1v) is 8.20. The molecule has 1 N–H and O–H groups in total. The van der Waals surface area contributed by atoms with E-state index in [4.69, 9.17) is 0 Å². The van der Waals surface area contributed by atoms with Crippen molar-refractivity contribution in [2.45, 2.75) is 33.1 Å². The molecule has 122 valence electrons. The Kier molecular flexibility index (Phi) is 6.15. The fourth-order valence-electron chi connectivity index (χ4n) is 2.33. The van der Waals surface area contributed by atoms with Crippen molar-refractivity contribution < 1.29 is 4.79 Å². The van der Waals surface area contributed by atoms with E-state index in [0.29, 0.717) is 5.56 Å². The lowest BCUT2D eigenvalue weighted by atomic mass is 10.1. The van der Waals surface area contributed by atoms with Crippen LogP contribution in [0.4, 0.5) is 11.4 Å². The third kappa shape index (κ3) is 4.81. The average Bonchev–Trinajstić information content (AvgIpc) is 2.60. The molecule has 0 unspecified atom stereocenters. The van der Waals surface area contributed by atoms with Gasteiger partial charge in [0, 0.05) is 25.5 Å². The number of carbonyl (C=O) groups is 1. The lowest BCUT2D eigenvalue weighted by molar-refractivity contribution is 0.0793. The van der Waals surface area contributed by atoms with E-state index < -0.39 is 0 Å². The van der Waals surface area contributed by atoms with Gasteiger partial charge in [-0.1, -0.05) is 32.4 Å². The third-order valence-electron chi connectivity index (χ3n) is 3.83. The Morgan fingerprint density at radius 3 is 2.52 bits per heavy atom. The maximum absolute atomic E-state index is 12.4. The van der Waals surface area contributed by atoms with Crippen LogP contribution in [-0.4, -0.2) is 29.4 Å². The summed E-state index contributed by atoms with van der Waals surface area (Å²) >= 11 is 0. The minimum Gasteiger partial charge on any atom is -0.354 e. The van der Waals surface area contributed by atoms with Crippen molar-refractivity contribution in [1.82, 2.24) is 9.88 Å². The minimum atomic E-state index is 0.0101. The molecule has 0 aliphatic rings. The molecule has 2 rings (SSSR count). The van der Waals surface area contributed by atoms with Crippen LogP contribution in [0.5, 0.6) is 0 Å². The number of hydrogen-bond acceptors (Lipinski definition) is 3. The zero-order valence-corrected chi connectivity index (χ0v) is 14.2. The molecule has 1 aromatic carbocycles. The van der Waals surface area contributed by atoms with Crippen LogP contribution >= 0.6 is 0 Å². The standard InChI is InChI=1S/C19H25N3O/c1-4-6-11-22(3)19(23)16-12-18(14-20-13-16)21-17-9-7-15(5-2)8-10-17/h7-10,12-14,21H,4-6,11H2,1-3H3. The predicted molar refractivity (Wildman–Crippen MR) is 95.2 cm³/mol. The number of nitrogens with one attached hydrogen (secondary N) is 1. The fraction of sp³-hybridized carbons (Fsp3) is 0.368. The van der Waals surface area contributed by atoms with Crippen LogP contribution < -0.4 is 5.32 Å². The molecule has 0 saturated heterocycles. The summed E-state index contributed by atoms with van der Waals surface area (Å²) in [4.78, 5) is 18.3. The van der Waals surface area contributed by atoms with Crippen LogP contribution in [0.2, 0.25) is 0 Å². The van der Waals surface area contributed by atoms with Gasteiger partial charge in [-0.05, 0) is 36.6 Å². The SMILES string of the molecule is CCCCN(C)C(=O)c1cncc(Nc2ccc(CC)cc2)c1. The summed E-state index contributed by atoms with van der Waals surface area (Å²) in [7, 11) is 1.83. The molecule has 0 radical (unpaired) electrons. The summed E-state index contributed by atoms with van der Waals surface area (Å²) in [6, 6.07) is 10.1. The highest BCUT2D eigenvalue weighted by molar-refractivity contribution is 5.94. The molecule has 0 aliphatic carbocycles. The number of anilines is 2. The van der Waals surface area contributed by atoms with Crippen molar-refractivity contribution in [3.05, 3.63) is 53.9 Å². The molecule has 0 fully saturated rings. The van der Waals surface area contributed by atoms with E-state index >= 15 is 0 Å². The van der Waals surface area contributed by atoms with E-state index in [1.54, 1.807) is 17.3 Å². The van der Waals surface area contributed by atoms with Crippen molar-refractivity contribution in [3.8, 4) is 0 Å². The Bertz CT molecular complexity index is 637. The Morgan fingerprint density at radius 1 is 1.13 bits per heavy atom. The first-order chi connectivity index (χ1) is 11.1. The van der Waals surface area contributed by atoms with Gasteiger partial charge in [-0.3, -0.25) is 9.78 Å². The smallest absolute Gasteiger partial charge is 0.255 e. The van der Waals surface area contributed by atoms with Crippen molar-refractivity contribution in [2.75, 3.05) is 18.9 Å². The van der Waals surface area contributed by atoms with E-state index in [1.165, 1.54) is 5.56 Å². The molecule has 0 aliphatic heterocycles. The first-order valence-electron chi connectivity index (χ1n) is 8.20. The van der Waals surface area contributed by atoms with Gasteiger partial charge in [-0.15, -0.1) is 0 Å². The maximum atomic E-state index is 12.4. The monoisotopic (exact) mass is 311 g/mol. The van der Waals surface area contributed by atoms with Crippen LogP contribution in [0.25, 0.3) is 0 Å². The molecule has 2 aromatic rings. The lowest BCUT2D eigenvalue weighted by Gasteiger charge is -2.17. The van der Waals surface area contributed by atoms with Gasteiger partial charge in [-0.2, -0.15) is 0 Å². The molecule has 0 bridgehead atoms. The van der Waals surface area contributed by atoms with Crippen molar-refractivity contribution in [1.29, 1.82) is 0 Å². The van der Waals surface area contributed by atoms with Crippen molar-refractivity contribution >= 4 is 17.3 Å². The average molecular weight is 311 g/mol. The summed E-state index contributed by atoms with van der Waals surface area (Å²) in [6.45, 7) is 5.02. The molecule has 1 amide bonds. The number of carbonyl (C=O) groups excluding carboxylic acids is 1. The molecule has 1 aromatic heterocycles. The summed E-state index contributed by atoms with van der Waals surface area (Å²) in [5.74, 6) is 0.0101. The van der Waals surface area contributed by atoms with Gasteiger partial charge in [0.05, 0.1) is 17.4 Å². The second kappa shape index (κ2) is 8.32. The van der Waals surface area contributed by atoms with Crippen LogP contribution in [0.15, 0.2) is 42.7 Å². The fourth-order valence-corrected chi connectivity index (χ4v) is 2.33. The van der Waals surface area contributed by atoms with Gasteiger partial charge in [0.2, 0.25) is 0 Å². The Balaban J connectivity index is 2.08. The van der Waals surface area contributed by atoms with Gasteiger partial charge in [-0.25, -0.2) is 0 Å². The number of benzene rings is 1. The third-order valence-corrected chi connectivity index (χ3v) is 3.83. The van der Waals surface area contributed by atoms with Crippen molar-refractivity contribution in [2.24, 2.45) is 0 Å². The van der Waals surface area contributed by atoms with E-state index in [-0.39, 0.29) is 5.91 Å². The number of rotatable bonds is 7. The number of unbranched alkanes of at least 4 members (excludes halogenated alkanes) is 1. The normalized spacial score (nSPS) is 10.4. The molecule has 0 spiro atoms. The van der Waals surface area contributed by atoms with E-state index in [1.807, 2.05) is 25.2 Å². The summed E-state index contributed by atoms with van der Waals surface area (Å²) < 4.78 is 0. The van der Waals surface area contributed by atoms with E-state index in [9.17, 15) is 4.79 Å². The number of pyridine rings is 1. The molecule has 1 heterocycles. The number of amides is 1. The van der Waals surface area contributed by atoms with Crippen molar-refractivity contribution in [3.63, 3.8) is 0 Å². The molecule has 0 atom stereocenters. The van der Waals surface area contributed by atoms with Crippen LogP contribution in [0.1, 0.15) is 42.6 Å².